The number of urea groups is 1. The minimum absolute atomic E-state index is 0.195. The molecular weight excluding hydrogens is 348 g/mol. The standard InChI is InChI=1S/C17H17F2N3O4/c1-9(21-17(25)22-8-12(19)6-13(22)16(23)24)15-20-7-14(26-15)10-2-4-11(18)5-3-10/h2-5,7,9,12-13H,6,8H2,1H3,(H,21,25)(H,23,24)/t9?,12-,13-/m0/s1. The first kappa shape index (κ1) is 17.8. The van der Waals surface area contributed by atoms with Crippen LogP contribution >= 0.6 is 0 Å². The average molecular weight is 365 g/mol. The van der Waals surface area contributed by atoms with E-state index in [-0.39, 0.29) is 24.7 Å². The van der Waals surface area contributed by atoms with Gasteiger partial charge in [-0.3, -0.25) is 0 Å². The quantitative estimate of drug-likeness (QED) is 0.869. The fourth-order valence-corrected chi connectivity index (χ4v) is 2.81. The number of nitrogens with zero attached hydrogens (tertiary/aromatic N) is 2. The van der Waals surface area contributed by atoms with Crippen LogP contribution in [0, 0.1) is 5.82 Å². The molecule has 1 aromatic carbocycles. The van der Waals surface area contributed by atoms with Gasteiger partial charge >= 0.3 is 12.0 Å². The van der Waals surface area contributed by atoms with E-state index in [0.717, 1.165) is 4.90 Å². The number of oxazole rings is 1. The third-order valence-corrected chi connectivity index (χ3v) is 4.16. The summed E-state index contributed by atoms with van der Waals surface area (Å²) in [5.74, 6) is -1.03. The van der Waals surface area contributed by atoms with E-state index in [9.17, 15) is 18.4 Å². The summed E-state index contributed by atoms with van der Waals surface area (Å²) in [5, 5.41) is 11.7. The topological polar surface area (TPSA) is 95.7 Å². The third kappa shape index (κ3) is 3.66. The number of rotatable bonds is 4. The molecule has 0 saturated carbocycles. The molecule has 1 unspecified atom stereocenters. The smallest absolute Gasteiger partial charge is 0.326 e. The van der Waals surface area contributed by atoms with Gasteiger partial charge in [0.2, 0.25) is 5.89 Å². The number of amides is 2. The van der Waals surface area contributed by atoms with E-state index in [1.165, 1.54) is 30.5 Å². The van der Waals surface area contributed by atoms with Gasteiger partial charge in [-0.1, -0.05) is 0 Å². The second-order valence-electron chi connectivity index (χ2n) is 6.08. The number of carbonyl (C=O) groups is 2. The maximum atomic E-state index is 13.5. The molecule has 0 aliphatic carbocycles. The van der Waals surface area contributed by atoms with Crippen molar-refractivity contribution in [2.24, 2.45) is 0 Å². The summed E-state index contributed by atoms with van der Waals surface area (Å²) in [5.41, 5.74) is 0.620. The summed E-state index contributed by atoms with van der Waals surface area (Å²) >= 11 is 0. The molecule has 0 spiro atoms. The van der Waals surface area contributed by atoms with Crippen LogP contribution in [-0.2, 0) is 4.79 Å². The van der Waals surface area contributed by atoms with Crippen molar-refractivity contribution in [1.82, 2.24) is 15.2 Å². The van der Waals surface area contributed by atoms with Gasteiger partial charge in [0.15, 0.2) is 5.76 Å². The van der Waals surface area contributed by atoms with Crippen LogP contribution < -0.4 is 5.32 Å². The number of hydrogen-bond acceptors (Lipinski definition) is 4. The first-order chi connectivity index (χ1) is 12.3. The molecule has 3 atom stereocenters. The Labute approximate surface area is 147 Å². The maximum Gasteiger partial charge on any atom is 0.326 e. The van der Waals surface area contributed by atoms with Crippen molar-refractivity contribution < 1.29 is 27.9 Å². The number of carboxylic acids is 1. The number of benzene rings is 1. The van der Waals surface area contributed by atoms with E-state index in [1.807, 2.05) is 0 Å². The van der Waals surface area contributed by atoms with Gasteiger partial charge in [0.25, 0.3) is 0 Å². The van der Waals surface area contributed by atoms with Crippen LogP contribution in [0.15, 0.2) is 34.9 Å². The summed E-state index contributed by atoms with van der Waals surface area (Å²) in [6, 6.07) is 3.08. The fourth-order valence-electron chi connectivity index (χ4n) is 2.81. The van der Waals surface area contributed by atoms with Gasteiger partial charge in [0, 0.05) is 12.0 Å². The number of aromatic nitrogens is 1. The lowest BCUT2D eigenvalue weighted by atomic mass is 10.2. The minimum Gasteiger partial charge on any atom is -0.480 e. The van der Waals surface area contributed by atoms with E-state index in [4.69, 9.17) is 9.52 Å². The second-order valence-corrected chi connectivity index (χ2v) is 6.08. The fraction of sp³-hybridized carbons (Fsp3) is 0.353. The third-order valence-electron chi connectivity index (χ3n) is 4.16. The van der Waals surface area contributed by atoms with Crippen LogP contribution in [-0.4, -0.2) is 45.7 Å². The van der Waals surface area contributed by atoms with Gasteiger partial charge in [0.1, 0.15) is 24.1 Å². The van der Waals surface area contributed by atoms with Crippen LogP contribution in [0.25, 0.3) is 11.3 Å². The molecule has 0 bridgehead atoms. The molecular formula is C17H17F2N3O4. The summed E-state index contributed by atoms with van der Waals surface area (Å²) in [7, 11) is 0. The van der Waals surface area contributed by atoms with Crippen molar-refractivity contribution in [2.75, 3.05) is 6.54 Å². The Kier molecular flexibility index (Phi) is 4.88. The van der Waals surface area contributed by atoms with Crippen LogP contribution in [0.5, 0.6) is 0 Å². The number of nitrogens with one attached hydrogen (secondary N) is 1. The molecule has 1 aliphatic rings. The Balaban J connectivity index is 1.68. The SMILES string of the molecule is CC(NC(=O)N1C[C@@H](F)C[C@H]1C(=O)O)c1ncc(-c2ccc(F)cc2)o1. The molecule has 0 radical (unpaired) electrons. The molecule has 1 aliphatic heterocycles. The Morgan fingerprint density at radius 1 is 1.38 bits per heavy atom. The number of halogens is 2. The minimum atomic E-state index is -1.37. The number of carboxylic acid groups (broad SMARTS) is 1. The van der Waals surface area contributed by atoms with Crippen LogP contribution in [0.3, 0.4) is 0 Å². The lowest BCUT2D eigenvalue weighted by molar-refractivity contribution is -0.141. The van der Waals surface area contributed by atoms with Crippen molar-refractivity contribution >= 4 is 12.0 Å². The lowest BCUT2D eigenvalue weighted by Crippen LogP contribution is -2.46. The van der Waals surface area contributed by atoms with Crippen LogP contribution in [0.1, 0.15) is 25.3 Å². The van der Waals surface area contributed by atoms with E-state index in [0.29, 0.717) is 11.3 Å². The molecule has 138 valence electrons. The Morgan fingerprint density at radius 3 is 2.73 bits per heavy atom. The van der Waals surface area contributed by atoms with E-state index in [2.05, 4.69) is 10.3 Å². The van der Waals surface area contributed by atoms with E-state index >= 15 is 0 Å². The number of likely N-dealkylation sites (tertiary alicyclic amines) is 1. The van der Waals surface area contributed by atoms with Gasteiger partial charge in [-0.15, -0.1) is 0 Å². The number of hydrogen-bond donors (Lipinski definition) is 2. The molecule has 2 N–H and O–H groups in total. The summed E-state index contributed by atoms with van der Waals surface area (Å²) in [6.45, 7) is 1.33. The van der Waals surface area contributed by atoms with Crippen LogP contribution in [0.2, 0.25) is 0 Å². The molecule has 2 heterocycles. The molecule has 9 heteroatoms. The first-order valence-corrected chi connectivity index (χ1v) is 8.01. The number of carbonyl (C=O) groups excluding carboxylic acids is 1. The molecule has 2 amide bonds. The highest BCUT2D eigenvalue weighted by molar-refractivity contribution is 5.83. The largest absolute Gasteiger partial charge is 0.480 e. The highest BCUT2D eigenvalue weighted by Crippen LogP contribution is 2.25. The molecule has 1 fully saturated rings. The van der Waals surface area contributed by atoms with Crippen LogP contribution in [0.4, 0.5) is 13.6 Å². The highest BCUT2D eigenvalue weighted by atomic mass is 19.1. The number of alkyl halides is 1. The molecule has 26 heavy (non-hydrogen) atoms. The summed E-state index contributed by atoms with van der Waals surface area (Å²) < 4.78 is 32.0. The lowest BCUT2D eigenvalue weighted by Gasteiger charge is -2.23. The van der Waals surface area contributed by atoms with Gasteiger partial charge in [-0.2, -0.15) is 0 Å². The molecule has 1 saturated heterocycles. The number of aliphatic carboxylic acids is 1. The molecule has 2 aromatic rings. The Morgan fingerprint density at radius 2 is 2.08 bits per heavy atom. The zero-order chi connectivity index (χ0) is 18.8. The Bertz CT molecular complexity index is 809. The second kappa shape index (κ2) is 7.11. The molecule has 3 rings (SSSR count). The van der Waals surface area contributed by atoms with Gasteiger partial charge in [0.05, 0.1) is 12.7 Å². The monoisotopic (exact) mass is 365 g/mol. The van der Waals surface area contributed by atoms with Gasteiger partial charge in [-0.25, -0.2) is 23.4 Å². The van der Waals surface area contributed by atoms with Crippen molar-refractivity contribution in [1.29, 1.82) is 0 Å². The van der Waals surface area contributed by atoms with E-state index < -0.39 is 30.3 Å². The first-order valence-electron chi connectivity index (χ1n) is 8.01. The van der Waals surface area contributed by atoms with Gasteiger partial charge < -0.3 is 19.7 Å². The predicted molar refractivity (Wildman–Crippen MR) is 86.5 cm³/mol. The molecule has 7 nitrogen and oxygen atoms in total. The van der Waals surface area contributed by atoms with Crippen molar-refractivity contribution in [3.63, 3.8) is 0 Å². The normalized spacial score (nSPS) is 20.8. The average Bonchev–Trinajstić information content (AvgIpc) is 3.22. The summed E-state index contributed by atoms with van der Waals surface area (Å²) in [4.78, 5) is 28.5. The highest BCUT2D eigenvalue weighted by Gasteiger charge is 2.40. The van der Waals surface area contributed by atoms with Gasteiger partial charge in [-0.05, 0) is 31.2 Å². The van der Waals surface area contributed by atoms with E-state index in [1.54, 1.807) is 6.92 Å². The molecule has 1 aromatic heterocycles. The predicted octanol–water partition coefficient (Wildman–Crippen LogP) is 2.75. The Hall–Kier alpha value is -2.97. The van der Waals surface area contributed by atoms with Crippen molar-refractivity contribution in [3.8, 4) is 11.3 Å². The zero-order valence-electron chi connectivity index (χ0n) is 13.9. The van der Waals surface area contributed by atoms with Crippen molar-refractivity contribution in [2.45, 2.75) is 31.6 Å². The summed E-state index contributed by atoms with van der Waals surface area (Å²) in [6.07, 6.45) is -0.159. The maximum absolute atomic E-state index is 13.5. The zero-order valence-corrected chi connectivity index (χ0v) is 13.9. The van der Waals surface area contributed by atoms with Crippen molar-refractivity contribution in [3.05, 3.63) is 42.2 Å².